The van der Waals surface area contributed by atoms with E-state index in [0.717, 1.165) is 42.5 Å². The van der Waals surface area contributed by atoms with E-state index in [4.69, 9.17) is 0 Å². The lowest BCUT2D eigenvalue weighted by Crippen LogP contribution is -2.32. The maximum Gasteiger partial charge on any atom is 0.224 e. The molecule has 0 aromatic heterocycles. The van der Waals surface area contributed by atoms with Crippen LogP contribution in [0.15, 0.2) is 46.9 Å². The van der Waals surface area contributed by atoms with Crippen molar-refractivity contribution >= 4 is 27.5 Å². The van der Waals surface area contributed by atoms with Crippen LogP contribution in [-0.2, 0) is 24.1 Å². The van der Waals surface area contributed by atoms with Gasteiger partial charge in [-0.2, -0.15) is 0 Å². The molecule has 1 heterocycles. The van der Waals surface area contributed by atoms with E-state index in [9.17, 15) is 4.79 Å². The molecule has 0 spiro atoms. The van der Waals surface area contributed by atoms with E-state index < -0.39 is 0 Å². The molecule has 4 heteroatoms. The number of benzene rings is 2. The molecule has 0 radical (unpaired) electrons. The van der Waals surface area contributed by atoms with Crippen molar-refractivity contribution in [2.75, 3.05) is 24.5 Å². The van der Waals surface area contributed by atoms with Crippen LogP contribution in [0.5, 0.6) is 0 Å². The number of fused-ring (bicyclic) bond motifs is 1. The van der Waals surface area contributed by atoms with E-state index in [2.05, 4.69) is 68.6 Å². The van der Waals surface area contributed by atoms with Crippen LogP contribution in [0.1, 0.15) is 29.5 Å². The third-order valence-electron chi connectivity index (χ3n) is 5.57. The number of aryl methyl sites for hydroxylation is 2. The Morgan fingerprint density at radius 3 is 2.92 bits per heavy atom. The van der Waals surface area contributed by atoms with Gasteiger partial charge in [-0.3, -0.25) is 4.79 Å². The third kappa shape index (κ3) is 4.12. The molecule has 1 fully saturated rings. The Kier molecular flexibility index (Phi) is 5.30. The fourth-order valence-corrected chi connectivity index (χ4v) is 4.53. The fourth-order valence-electron chi connectivity index (χ4n) is 4.15. The fraction of sp³-hybridized carbons (Fsp3) is 0.409. The number of carbonyl (C=O) groups excluding carboxylic acids is 1. The Balaban J connectivity index is 1.26. The van der Waals surface area contributed by atoms with Gasteiger partial charge in [-0.15, -0.1) is 0 Å². The van der Waals surface area contributed by atoms with Crippen LogP contribution >= 0.6 is 15.9 Å². The number of hydrogen-bond acceptors (Lipinski definition) is 2. The molecule has 3 nitrogen and oxygen atoms in total. The van der Waals surface area contributed by atoms with Crippen molar-refractivity contribution in [1.82, 2.24) is 5.32 Å². The largest absolute Gasteiger partial charge is 0.371 e. The summed E-state index contributed by atoms with van der Waals surface area (Å²) >= 11 is 3.54. The smallest absolute Gasteiger partial charge is 0.224 e. The number of nitrogens with one attached hydrogen (secondary N) is 1. The zero-order valence-electron chi connectivity index (χ0n) is 15.0. The van der Waals surface area contributed by atoms with Crippen molar-refractivity contribution in [2.45, 2.75) is 32.1 Å². The standard InChI is InChI=1S/C22H25BrN2O/c23-20-5-2-6-21(13-20)25-10-9-17(15-25)14-24-22(26)12-16-7-8-18-3-1-4-19(18)11-16/h2,5-8,11,13,17H,1,3-4,9-10,12,14-15H2,(H,24,26). The van der Waals surface area contributed by atoms with Crippen molar-refractivity contribution in [3.63, 3.8) is 0 Å². The maximum absolute atomic E-state index is 12.3. The second-order valence-corrected chi connectivity index (χ2v) is 8.43. The van der Waals surface area contributed by atoms with Gasteiger partial charge in [0.05, 0.1) is 6.42 Å². The lowest BCUT2D eigenvalue weighted by atomic mass is 10.0. The molecule has 1 N–H and O–H groups in total. The zero-order valence-corrected chi connectivity index (χ0v) is 16.6. The molecule has 2 aliphatic rings. The minimum absolute atomic E-state index is 0.142. The van der Waals surface area contributed by atoms with Gasteiger partial charge in [0.15, 0.2) is 0 Å². The molecule has 1 aliphatic carbocycles. The highest BCUT2D eigenvalue weighted by Gasteiger charge is 2.23. The minimum atomic E-state index is 0.142. The van der Waals surface area contributed by atoms with Gasteiger partial charge in [0, 0.05) is 29.8 Å². The van der Waals surface area contributed by atoms with Crippen LogP contribution < -0.4 is 10.2 Å². The van der Waals surface area contributed by atoms with Gasteiger partial charge in [-0.05, 0) is 66.5 Å². The quantitative estimate of drug-likeness (QED) is 0.800. The van der Waals surface area contributed by atoms with Gasteiger partial charge in [-0.1, -0.05) is 40.2 Å². The van der Waals surface area contributed by atoms with Crippen LogP contribution in [-0.4, -0.2) is 25.5 Å². The molecule has 1 amide bonds. The molecule has 1 saturated heterocycles. The monoisotopic (exact) mass is 412 g/mol. The highest BCUT2D eigenvalue weighted by molar-refractivity contribution is 9.10. The van der Waals surface area contributed by atoms with Crippen molar-refractivity contribution in [3.8, 4) is 0 Å². The second-order valence-electron chi connectivity index (χ2n) is 7.52. The molecule has 2 aromatic rings. The van der Waals surface area contributed by atoms with Gasteiger partial charge in [0.1, 0.15) is 0 Å². The number of halogens is 1. The minimum Gasteiger partial charge on any atom is -0.371 e. The summed E-state index contributed by atoms with van der Waals surface area (Å²) in [4.78, 5) is 14.7. The summed E-state index contributed by atoms with van der Waals surface area (Å²) in [6.45, 7) is 2.84. The number of anilines is 1. The lowest BCUT2D eigenvalue weighted by molar-refractivity contribution is -0.120. The summed E-state index contributed by atoms with van der Waals surface area (Å²) < 4.78 is 1.11. The lowest BCUT2D eigenvalue weighted by Gasteiger charge is -2.19. The molecular weight excluding hydrogens is 388 g/mol. The van der Waals surface area contributed by atoms with Crippen LogP contribution in [0.2, 0.25) is 0 Å². The Bertz CT molecular complexity index is 804. The summed E-state index contributed by atoms with van der Waals surface area (Å²) in [6.07, 6.45) is 5.23. The molecule has 0 bridgehead atoms. The Morgan fingerprint density at radius 1 is 1.15 bits per heavy atom. The number of hydrogen-bond donors (Lipinski definition) is 1. The Labute approximate surface area is 163 Å². The van der Waals surface area contributed by atoms with Gasteiger partial charge in [0.2, 0.25) is 5.91 Å². The molecule has 1 unspecified atom stereocenters. The molecule has 136 valence electrons. The molecular formula is C22H25BrN2O. The Hall–Kier alpha value is -1.81. The predicted octanol–water partition coefficient (Wildman–Crippen LogP) is 4.12. The van der Waals surface area contributed by atoms with Crippen molar-refractivity contribution in [1.29, 1.82) is 0 Å². The van der Waals surface area contributed by atoms with Crippen molar-refractivity contribution in [2.24, 2.45) is 5.92 Å². The van der Waals surface area contributed by atoms with Gasteiger partial charge in [-0.25, -0.2) is 0 Å². The number of amides is 1. The first-order chi connectivity index (χ1) is 12.7. The second kappa shape index (κ2) is 7.83. The maximum atomic E-state index is 12.3. The third-order valence-corrected chi connectivity index (χ3v) is 6.07. The van der Waals surface area contributed by atoms with Crippen LogP contribution in [0, 0.1) is 5.92 Å². The number of nitrogens with zero attached hydrogens (tertiary/aromatic N) is 1. The molecule has 0 saturated carbocycles. The summed E-state index contributed by atoms with van der Waals surface area (Å²) in [5.41, 5.74) is 5.31. The van der Waals surface area contributed by atoms with Gasteiger partial charge >= 0.3 is 0 Å². The first-order valence-corrected chi connectivity index (χ1v) is 10.3. The Morgan fingerprint density at radius 2 is 2.04 bits per heavy atom. The molecule has 2 aromatic carbocycles. The average Bonchev–Trinajstić information content (AvgIpc) is 3.29. The number of rotatable bonds is 5. The highest BCUT2D eigenvalue weighted by atomic mass is 79.9. The first-order valence-electron chi connectivity index (χ1n) is 9.55. The van der Waals surface area contributed by atoms with Crippen LogP contribution in [0.3, 0.4) is 0 Å². The van der Waals surface area contributed by atoms with E-state index in [1.807, 2.05) is 0 Å². The van der Waals surface area contributed by atoms with E-state index >= 15 is 0 Å². The summed E-state index contributed by atoms with van der Waals surface area (Å²) in [5, 5.41) is 3.15. The predicted molar refractivity (Wildman–Crippen MR) is 110 cm³/mol. The van der Waals surface area contributed by atoms with E-state index in [-0.39, 0.29) is 5.91 Å². The highest BCUT2D eigenvalue weighted by Crippen LogP contribution is 2.26. The summed E-state index contributed by atoms with van der Waals surface area (Å²) in [7, 11) is 0. The van der Waals surface area contributed by atoms with Gasteiger partial charge in [0.25, 0.3) is 0 Å². The van der Waals surface area contributed by atoms with Crippen LogP contribution in [0.25, 0.3) is 0 Å². The first kappa shape index (κ1) is 17.6. The molecule has 1 aliphatic heterocycles. The van der Waals surface area contributed by atoms with Crippen molar-refractivity contribution in [3.05, 3.63) is 63.6 Å². The topological polar surface area (TPSA) is 32.3 Å². The molecule has 4 rings (SSSR count). The van der Waals surface area contributed by atoms with Crippen molar-refractivity contribution < 1.29 is 4.79 Å². The molecule has 1 atom stereocenters. The zero-order chi connectivity index (χ0) is 17.9. The summed E-state index contributed by atoms with van der Waals surface area (Å²) in [6, 6.07) is 15.0. The van der Waals surface area contributed by atoms with Crippen LogP contribution in [0.4, 0.5) is 5.69 Å². The molecule has 26 heavy (non-hydrogen) atoms. The van der Waals surface area contributed by atoms with E-state index in [1.165, 1.54) is 29.7 Å². The van der Waals surface area contributed by atoms with E-state index in [0.29, 0.717) is 12.3 Å². The normalized spacial score (nSPS) is 18.8. The van der Waals surface area contributed by atoms with E-state index in [1.54, 1.807) is 0 Å². The average molecular weight is 413 g/mol. The SMILES string of the molecule is O=C(Cc1ccc2c(c1)CCC2)NCC1CCN(c2cccc(Br)c2)C1. The van der Waals surface area contributed by atoms with Gasteiger partial charge < -0.3 is 10.2 Å². The number of carbonyl (C=O) groups is 1. The summed E-state index contributed by atoms with van der Waals surface area (Å²) in [5.74, 6) is 0.668.